The summed E-state index contributed by atoms with van der Waals surface area (Å²) < 4.78 is 10.2. The summed E-state index contributed by atoms with van der Waals surface area (Å²) in [6.07, 6.45) is 0.378. The van der Waals surface area contributed by atoms with Crippen LogP contribution in [0.4, 0.5) is 5.69 Å². The van der Waals surface area contributed by atoms with Crippen LogP contribution in [0.3, 0.4) is 0 Å². The first-order chi connectivity index (χ1) is 13.3. The standard InChI is InChI=1S/C19H22N2O6S/c1-4-27-15-7-5-13(6-8-15)9-14(19(23)26-3)11-20-18(22)17-10-16(21(24)25)12(2)28-17/h5-8,10,14H,4,9,11H2,1-3H3,(H,20,22). The number of methoxy groups -OCH3 is 1. The smallest absolute Gasteiger partial charge is 0.310 e. The maximum absolute atomic E-state index is 12.3. The number of hydrogen-bond donors (Lipinski definition) is 1. The molecule has 0 aliphatic heterocycles. The van der Waals surface area contributed by atoms with Gasteiger partial charge in [-0.15, -0.1) is 11.3 Å². The lowest BCUT2D eigenvalue weighted by atomic mass is 9.99. The first-order valence-electron chi connectivity index (χ1n) is 8.68. The second-order valence-electron chi connectivity index (χ2n) is 6.02. The normalized spacial score (nSPS) is 11.5. The molecule has 0 saturated carbocycles. The third kappa shape index (κ3) is 5.53. The fourth-order valence-electron chi connectivity index (χ4n) is 2.65. The van der Waals surface area contributed by atoms with E-state index in [4.69, 9.17) is 9.47 Å². The highest BCUT2D eigenvalue weighted by atomic mass is 32.1. The number of thiophene rings is 1. The maximum Gasteiger partial charge on any atom is 0.310 e. The van der Waals surface area contributed by atoms with Crippen LogP contribution in [0.2, 0.25) is 0 Å². The number of rotatable bonds is 9. The van der Waals surface area contributed by atoms with Crippen LogP contribution in [0.25, 0.3) is 0 Å². The summed E-state index contributed by atoms with van der Waals surface area (Å²) in [4.78, 5) is 35.5. The Bertz CT molecular complexity index is 847. The Morgan fingerprint density at radius 2 is 1.96 bits per heavy atom. The monoisotopic (exact) mass is 406 g/mol. The fourth-order valence-corrected chi connectivity index (χ4v) is 3.55. The molecule has 0 aliphatic rings. The van der Waals surface area contributed by atoms with Crippen molar-refractivity contribution >= 4 is 28.9 Å². The molecular formula is C19H22N2O6S. The zero-order valence-corrected chi connectivity index (χ0v) is 16.7. The van der Waals surface area contributed by atoms with Crippen LogP contribution in [0, 0.1) is 23.0 Å². The topological polar surface area (TPSA) is 108 Å². The number of carbonyl (C=O) groups excluding carboxylic acids is 2. The Morgan fingerprint density at radius 3 is 2.50 bits per heavy atom. The Balaban J connectivity index is 2.03. The van der Waals surface area contributed by atoms with Gasteiger partial charge in [0.2, 0.25) is 0 Å². The molecule has 1 aromatic carbocycles. The summed E-state index contributed by atoms with van der Waals surface area (Å²) in [6, 6.07) is 8.59. The van der Waals surface area contributed by atoms with E-state index in [-0.39, 0.29) is 17.1 Å². The number of nitrogens with zero attached hydrogens (tertiary/aromatic N) is 1. The van der Waals surface area contributed by atoms with Crippen molar-refractivity contribution in [2.45, 2.75) is 20.3 Å². The molecular weight excluding hydrogens is 384 g/mol. The number of carbonyl (C=O) groups is 2. The average molecular weight is 406 g/mol. The lowest BCUT2D eigenvalue weighted by Gasteiger charge is -2.15. The largest absolute Gasteiger partial charge is 0.494 e. The summed E-state index contributed by atoms with van der Waals surface area (Å²) >= 11 is 1.04. The molecule has 2 aromatic rings. The molecule has 1 heterocycles. The minimum absolute atomic E-state index is 0.0590. The third-order valence-electron chi connectivity index (χ3n) is 4.07. The SMILES string of the molecule is CCOc1ccc(CC(CNC(=O)c2cc([N+](=O)[O-])c(C)s2)C(=O)OC)cc1. The van der Waals surface area contributed by atoms with Crippen molar-refractivity contribution < 1.29 is 24.0 Å². The van der Waals surface area contributed by atoms with E-state index in [1.807, 2.05) is 31.2 Å². The van der Waals surface area contributed by atoms with Gasteiger partial charge in [-0.2, -0.15) is 0 Å². The van der Waals surface area contributed by atoms with Crippen LogP contribution in [-0.2, 0) is 16.0 Å². The number of aryl methyl sites for hydroxylation is 1. The summed E-state index contributed by atoms with van der Waals surface area (Å²) in [7, 11) is 1.29. The van der Waals surface area contributed by atoms with Gasteiger partial charge in [0, 0.05) is 12.6 Å². The molecule has 0 bridgehead atoms. The van der Waals surface area contributed by atoms with E-state index in [1.165, 1.54) is 13.2 Å². The van der Waals surface area contributed by atoms with Crippen LogP contribution in [0.1, 0.15) is 27.0 Å². The van der Waals surface area contributed by atoms with Crippen molar-refractivity contribution in [1.29, 1.82) is 0 Å². The van der Waals surface area contributed by atoms with Gasteiger partial charge >= 0.3 is 5.97 Å². The lowest BCUT2D eigenvalue weighted by molar-refractivity contribution is -0.385. The van der Waals surface area contributed by atoms with Crippen LogP contribution < -0.4 is 10.1 Å². The highest BCUT2D eigenvalue weighted by Crippen LogP contribution is 2.28. The van der Waals surface area contributed by atoms with Gasteiger partial charge in [-0.3, -0.25) is 19.7 Å². The molecule has 0 aliphatic carbocycles. The first-order valence-corrected chi connectivity index (χ1v) is 9.50. The predicted molar refractivity (Wildman–Crippen MR) is 105 cm³/mol. The average Bonchev–Trinajstić information content (AvgIpc) is 3.08. The van der Waals surface area contributed by atoms with Crippen molar-refractivity contribution in [3.05, 3.63) is 55.8 Å². The first kappa shape index (κ1) is 21.4. The molecule has 2 rings (SSSR count). The minimum atomic E-state index is -0.581. The van der Waals surface area contributed by atoms with E-state index in [1.54, 1.807) is 6.92 Å². The number of benzene rings is 1. The van der Waals surface area contributed by atoms with Gasteiger partial charge in [0.15, 0.2) is 0 Å². The van der Waals surface area contributed by atoms with Crippen molar-refractivity contribution in [1.82, 2.24) is 5.32 Å². The van der Waals surface area contributed by atoms with E-state index < -0.39 is 22.7 Å². The molecule has 8 nitrogen and oxygen atoms in total. The minimum Gasteiger partial charge on any atom is -0.494 e. The van der Waals surface area contributed by atoms with Crippen LogP contribution >= 0.6 is 11.3 Å². The van der Waals surface area contributed by atoms with Gasteiger partial charge in [0.1, 0.15) is 5.75 Å². The van der Waals surface area contributed by atoms with Crippen molar-refractivity contribution in [2.24, 2.45) is 5.92 Å². The Hall–Kier alpha value is -2.94. The summed E-state index contributed by atoms with van der Waals surface area (Å²) in [5.74, 6) is -0.740. The highest BCUT2D eigenvalue weighted by molar-refractivity contribution is 7.14. The maximum atomic E-state index is 12.3. The van der Waals surface area contributed by atoms with Gasteiger partial charge in [0.25, 0.3) is 11.6 Å². The number of hydrogen-bond acceptors (Lipinski definition) is 7. The van der Waals surface area contributed by atoms with E-state index in [0.717, 1.165) is 22.6 Å². The molecule has 150 valence electrons. The molecule has 1 aromatic heterocycles. The van der Waals surface area contributed by atoms with Crippen LogP contribution in [0.5, 0.6) is 5.75 Å². The Morgan fingerprint density at radius 1 is 1.29 bits per heavy atom. The molecule has 1 N–H and O–H groups in total. The number of nitro groups is 1. The van der Waals surface area contributed by atoms with Crippen molar-refractivity contribution in [3.8, 4) is 5.75 Å². The number of nitrogens with one attached hydrogen (secondary N) is 1. The second-order valence-corrected chi connectivity index (χ2v) is 7.28. The van der Waals surface area contributed by atoms with E-state index in [2.05, 4.69) is 5.32 Å². The molecule has 0 spiro atoms. The molecule has 0 fully saturated rings. The second kappa shape index (κ2) is 9.84. The van der Waals surface area contributed by atoms with Crippen LogP contribution in [0.15, 0.2) is 30.3 Å². The summed E-state index contributed by atoms with van der Waals surface area (Å²) in [5, 5.41) is 13.6. The van der Waals surface area contributed by atoms with Gasteiger partial charge in [0.05, 0.1) is 34.3 Å². The Labute approximate surface area is 166 Å². The third-order valence-corrected chi connectivity index (χ3v) is 5.11. The van der Waals surface area contributed by atoms with Gasteiger partial charge in [-0.25, -0.2) is 0 Å². The Kier molecular flexibility index (Phi) is 7.51. The molecule has 28 heavy (non-hydrogen) atoms. The van der Waals surface area contributed by atoms with E-state index in [9.17, 15) is 19.7 Å². The van der Waals surface area contributed by atoms with Gasteiger partial charge < -0.3 is 14.8 Å². The van der Waals surface area contributed by atoms with Gasteiger partial charge in [-0.05, 0) is 38.0 Å². The highest BCUT2D eigenvalue weighted by Gasteiger charge is 2.23. The van der Waals surface area contributed by atoms with Crippen molar-refractivity contribution in [2.75, 3.05) is 20.3 Å². The number of ether oxygens (including phenoxy) is 2. The summed E-state index contributed by atoms with van der Waals surface area (Å²) in [5.41, 5.74) is 0.810. The molecule has 1 unspecified atom stereocenters. The lowest BCUT2D eigenvalue weighted by Crippen LogP contribution is -2.34. The number of esters is 1. The molecule has 1 amide bonds. The molecule has 1 atom stereocenters. The zero-order chi connectivity index (χ0) is 20.7. The van der Waals surface area contributed by atoms with E-state index in [0.29, 0.717) is 17.9 Å². The van der Waals surface area contributed by atoms with Gasteiger partial charge in [-0.1, -0.05) is 12.1 Å². The summed E-state index contributed by atoms with van der Waals surface area (Å²) in [6.45, 7) is 4.11. The predicted octanol–water partition coefficient (Wildman–Crippen LogP) is 3.13. The van der Waals surface area contributed by atoms with Crippen LogP contribution in [-0.4, -0.2) is 37.1 Å². The van der Waals surface area contributed by atoms with Crippen molar-refractivity contribution in [3.63, 3.8) is 0 Å². The number of amides is 1. The molecule has 0 saturated heterocycles. The van der Waals surface area contributed by atoms with E-state index >= 15 is 0 Å². The molecule has 9 heteroatoms. The molecule has 0 radical (unpaired) electrons. The zero-order valence-electron chi connectivity index (χ0n) is 15.9. The fraction of sp³-hybridized carbons (Fsp3) is 0.368. The quantitative estimate of drug-likeness (QED) is 0.389.